The molecule has 9 heteroatoms. The first-order valence-electron chi connectivity index (χ1n) is 5.71. The van der Waals surface area contributed by atoms with E-state index < -0.39 is 17.9 Å². The second kappa shape index (κ2) is 5.70. The van der Waals surface area contributed by atoms with Crippen LogP contribution < -0.4 is 11.1 Å². The Hall–Kier alpha value is -2.42. The van der Waals surface area contributed by atoms with E-state index in [1.54, 1.807) is 6.92 Å². The second-order valence-electron chi connectivity index (χ2n) is 4.11. The number of hydrogen-bond acceptors (Lipinski definition) is 6. The molecule has 106 valence electrons. The number of thiazole rings is 1. The van der Waals surface area contributed by atoms with E-state index in [1.807, 2.05) is 0 Å². The summed E-state index contributed by atoms with van der Waals surface area (Å²) in [5.74, 6) is -1.62. The molecule has 0 spiro atoms. The quantitative estimate of drug-likeness (QED) is 0.621. The predicted molar refractivity (Wildman–Crippen MR) is 72.4 cm³/mol. The van der Waals surface area contributed by atoms with Gasteiger partial charge in [-0.2, -0.15) is 0 Å². The maximum Gasteiger partial charge on any atom is 0.326 e. The third-order valence-corrected chi connectivity index (χ3v) is 3.59. The van der Waals surface area contributed by atoms with Crippen molar-refractivity contribution in [2.45, 2.75) is 19.4 Å². The van der Waals surface area contributed by atoms with Gasteiger partial charge in [0.25, 0.3) is 5.91 Å². The Morgan fingerprint density at radius 3 is 2.85 bits per heavy atom. The van der Waals surface area contributed by atoms with Crippen molar-refractivity contribution < 1.29 is 14.7 Å². The fourth-order valence-corrected chi connectivity index (χ4v) is 2.40. The fourth-order valence-electron chi connectivity index (χ4n) is 1.67. The van der Waals surface area contributed by atoms with Gasteiger partial charge >= 0.3 is 5.97 Å². The van der Waals surface area contributed by atoms with Gasteiger partial charge in [-0.05, 0) is 6.92 Å². The molecule has 0 saturated heterocycles. The normalized spacial score (nSPS) is 12.1. The number of rotatable bonds is 5. The topological polar surface area (TPSA) is 134 Å². The van der Waals surface area contributed by atoms with E-state index in [9.17, 15) is 9.59 Å². The van der Waals surface area contributed by atoms with Crippen LogP contribution in [-0.4, -0.2) is 38.0 Å². The predicted octanol–water partition coefficient (Wildman–Crippen LogP) is 0.183. The van der Waals surface area contributed by atoms with Crippen molar-refractivity contribution in [1.29, 1.82) is 0 Å². The Kier molecular flexibility index (Phi) is 3.99. The van der Waals surface area contributed by atoms with Crippen molar-refractivity contribution in [2.75, 3.05) is 5.73 Å². The Morgan fingerprint density at radius 2 is 2.35 bits per heavy atom. The number of nitrogens with two attached hydrogens (primary N) is 1. The van der Waals surface area contributed by atoms with E-state index in [-0.39, 0.29) is 11.6 Å². The number of aromatic nitrogens is 3. The van der Waals surface area contributed by atoms with E-state index in [0.29, 0.717) is 16.3 Å². The Labute approximate surface area is 118 Å². The molecule has 0 aliphatic carbocycles. The summed E-state index contributed by atoms with van der Waals surface area (Å²) in [6, 6.07) is -1.05. The van der Waals surface area contributed by atoms with Crippen LogP contribution in [0.25, 0.3) is 0 Å². The van der Waals surface area contributed by atoms with Gasteiger partial charge in [0.1, 0.15) is 10.9 Å². The minimum Gasteiger partial charge on any atom is -0.480 e. The average molecular weight is 295 g/mol. The van der Waals surface area contributed by atoms with Crippen LogP contribution >= 0.6 is 11.3 Å². The van der Waals surface area contributed by atoms with Crippen LogP contribution in [0.5, 0.6) is 0 Å². The van der Waals surface area contributed by atoms with Crippen LogP contribution in [0.4, 0.5) is 5.13 Å². The molecule has 2 aromatic heterocycles. The van der Waals surface area contributed by atoms with Crippen molar-refractivity contribution in [1.82, 2.24) is 20.3 Å². The van der Waals surface area contributed by atoms with Crippen LogP contribution in [0.2, 0.25) is 0 Å². The number of carboxylic acid groups (broad SMARTS) is 1. The number of hydrogen-bond donors (Lipinski definition) is 4. The first-order valence-corrected chi connectivity index (χ1v) is 6.53. The minimum absolute atomic E-state index is 0.119. The summed E-state index contributed by atoms with van der Waals surface area (Å²) in [6.45, 7) is 1.65. The van der Waals surface area contributed by atoms with Crippen LogP contribution in [-0.2, 0) is 11.2 Å². The van der Waals surface area contributed by atoms with Gasteiger partial charge in [-0.3, -0.25) is 4.79 Å². The van der Waals surface area contributed by atoms with Gasteiger partial charge in [0.05, 0.1) is 12.0 Å². The van der Waals surface area contributed by atoms with Gasteiger partial charge in [0.15, 0.2) is 5.13 Å². The zero-order valence-corrected chi connectivity index (χ0v) is 11.4. The van der Waals surface area contributed by atoms with Crippen LogP contribution in [0.15, 0.2) is 12.5 Å². The van der Waals surface area contributed by atoms with Gasteiger partial charge in [0.2, 0.25) is 0 Å². The maximum atomic E-state index is 12.0. The molecule has 0 aliphatic heterocycles. The highest BCUT2D eigenvalue weighted by Crippen LogP contribution is 2.19. The first kappa shape index (κ1) is 14.0. The molecule has 0 bridgehead atoms. The number of amides is 1. The molecule has 2 rings (SSSR count). The molecule has 5 N–H and O–H groups in total. The molecule has 1 amide bonds. The number of aromatic amines is 1. The van der Waals surface area contributed by atoms with Crippen molar-refractivity contribution in [3.63, 3.8) is 0 Å². The number of carboxylic acids is 1. The number of aliphatic carboxylic acids is 1. The highest BCUT2D eigenvalue weighted by molar-refractivity contribution is 7.17. The van der Waals surface area contributed by atoms with E-state index in [0.717, 1.165) is 11.3 Å². The molecule has 0 aromatic carbocycles. The molecule has 20 heavy (non-hydrogen) atoms. The number of carbonyl (C=O) groups excluding carboxylic acids is 1. The molecule has 0 unspecified atom stereocenters. The van der Waals surface area contributed by atoms with Gasteiger partial charge in [0, 0.05) is 18.3 Å². The van der Waals surface area contributed by atoms with Gasteiger partial charge in [-0.15, -0.1) is 0 Å². The lowest BCUT2D eigenvalue weighted by Crippen LogP contribution is -2.42. The smallest absolute Gasteiger partial charge is 0.326 e. The van der Waals surface area contributed by atoms with Crippen molar-refractivity contribution in [2.24, 2.45) is 0 Å². The molecular weight excluding hydrogens is 282 g/mol. The van der Waals surface area contributed by atoms with E-state index >= 15 is 0 Å². The van der Waals surface area contributed by atoms with Crippen LogP contribution in [0.1, 0.15) is 21.1 Å². The number of nitrogens with one attached hydrogen (secondary N) is 2. The zero-order chi connectivity index (χ0) is 14.7. The summed E-state index contributed by atoms with van der Waals surface area (Å²) < 4.78 is 0. The molecule has 0 radical (unpaired) electrons. The Morgan fingerprint density at radius 1 is 1.60 bits per heavy atom. The van der Waals surface area contributed by atoms with Gasteiger partial charge in [-0.25, -0.2) is 14.8 Å². The van der Waals surface area contributed by atoms with E-state index in [4.69, 9.17) is 10.8 Å². The zero-order valence-electron chi connectivity index (χ0n) is 10.6. The summed E-state index contributed by atoms with van der Waals surface area (Å²) in [7, 11) is 0. The standard InChI is InChI=1S/C11H13N5O3S/c1-5-8(20-11(12)15-5)9(17)16-7(10(18)19)2-6-3-13-4-14-6/h3-4,7H,2H2,1H3,(H2,12,15)(H,13,14)(H,16,17)(H,18,19)/t7-/m0/s1. The second-order valence-corrected chi connectivity index (χ2v) is 5.14. The largest absolute Gasteiger partial charge is 0.480 e. The summed E-state index contributed by atoms with van der Waals surface area (Å²) in [5.41, 5.74) is 6.62. The molecular formula is C11H13N5O3S. The molecule has 0 fully saturated rings. The molecule has 2 heterocycles. The monoisotopic (exact) mass is 295 g/mol. The Bertz CT molecular complexity index is 622. The van der Waals surface area contributed by atoms with Gasteiger partial charge < -0.3 is 21.1 Å². The number of H-pyrrole nitrogens is 1. The number of nitrogens with zero attached hydrogens (tertiary/aromatic N) is 2. The van der Waals surface area contributed by atoms with Crippen molar-refractivity contribution in [3.8, 4) is 0 Å². The lowest BCUT2D eigenvalue weighted by molar-refractivity contribution is -0.139. The number of imidazole rings is 1. The lowest BCUT2D eigenvalue weighted by Gasteiger charge is -2.13. The van der Waals surface area contributed by atoms with Crippen molar-refractivity contribution in [3.05, 3.63) is 28.8 Å². The third-order valence-electron chi connectivity index (χ3n) is 2.60. The lowest BCUT2D eigenvalue weighted by atomic mass is 10.1. The van der Waals surface area contributed by atoms with Crippen molar-refractivity contribution >= 4 is 28.3 Å². The van der Waals surface area contributed by atoms with E-state index in [1.165, 1.54) is 12.5 Å². The van der Waals surface area contributed by atoms with Gasteiger partial charge in [-0.1, -0.05) is 11.3 Å². The molecule has 8 nitrogen and oxygen atoms in total. The highest BCUT2D eigenvalue weighted by atomic mass is 32.1. The number of anilines is 1. The summed E-state index contributed by atoms with van der Waals surface area (Å²) in [4.78, 5) is 34.1. The number of aryl methyl sites for hydroxylation is 1. The number of carbonyl (C=O) groups is 2. The molecule has 0 aliphatic rings. The van der Waals surface area contributed by atoms with E-state index in [2.05, 4.69) is 20.3 Å². The molecule has 1 atom stereocenters. The van der Waals surface area contributed by atoms with Crippen LogP contribution in [0.3, 0.4) is 0 Å². The molecule has 0 saturated carbocycles. The summed E-state index contributed by atoms with van der Waals surface area (Å²) in [6.07, 6.45) is 3.08. The SMILES string of the molecule is Cc1nc(N)sc1C(=O)N[C@@H](Cc1cnc[nH]1)C(=O)O. The summed E-state index contributed by atoms with van der Waals surface area (Å²) >= 11 is 1.03. The first-order chi connectivity index (χ1) is 9.47. The third kappa shape index (κ3) is 3.12. The minimum atomic E-state index is -1.12. The summed E-state index contributed by atoms with van der Waals surface area (Å²) in [5, 5.41) is 11.9. The highest BCUT2D eigenvalue weighted by Gasteiger charge is 2.23. The maximum absolute atomic E-state index is 12.0. The number of nitrogen functional groups attached to an aromatic ring is 1. The fraction of sp³-hybridized carbons (Fsp3) is 0.273. The molecule has 2 aromatic rings. The average Bonchev–Trinajstić information content (AvgIpc) is 2.97. The van der Waals surface area contributed by atoms with Crippen LogP contribution in [0, 0.1) is 6.92 Å². The Balaban J connectivity index is 2.10.